The minimum absolute atomic E-state index is 0.612. The lowest BCUT2D eigenvalue weighted by Crippen LogP contribution is -2.32. The van der Waals surface area contributed by atoms with E-state index >= 15 is 0 Å². The highest BCUT2D eigenvalue weighted by molar-refractivity contribution is 7.16. The number of fused-ring (bicyclic) bond motifs is 1. The Morgan fingerprint density at radius 1 is 1.42 bits per heavy atom. The molecule has 4 nitrogen and oxygen atoms in total. The second kappa shape index (κ2) is 5.43. The molecule has 2 aromatic heterocycles. The van der Waals surface area contributed by atoms with Gasteiger partial charge < -0.3 is 5.73 Å². The van der Waals surface area contributed by atoms with Crippen molar-refractivity contribution < 1.29 is 0 Å². The van der Waals surface area contributed by atoms with Gasteiger partial charge in [-0.1, -0.05) is 13.3 Å². The van der Waals surface area contributed by atoms with Crippen LogP contribution in [0.4, 0.5) is 5.82 Å². The van der Waals surface area contributed by atoms with E-state index in [0.29, 0.717) is 5.82 Å². The highest BCUT2D eigenvalue weighted by Crippen LogP contribution is 2.28. The Balaban J connectivity index is 1.74. The third kappa shape index (κ3) is 2.72. The summed E-state index contributed by atoms with van der Waals surface area (Å²) in [6.45, 7) is 5.22. The smallest absolute Gasteiger partial charge is 0.146 e. The lowest BCUT2D eigenvalue weighted by Gasteiger charge is -2.31. The van der Waals surface area contributed by atoms with E-state index in [4.69, 9.17) is 5.73 Å². The molecule has 0 saturated heterocycles. The van der Waals surface area contributed by atoms with Gasteiger partial charge in [0, 0.05) is 6.54 Å². The summed E-state index contributed by atoms with van der Waals surface area (Å²) in [6.07, 6.45) is 4.15. The molecule has 2 aromatic rings. The van der Waals surface area contributed by atoms with E-state index in [2.05, 4.69) is 21.8 Å². The Kier molecular flexibility index (Phi) is 3.66. The largest absolute Gasteiger partial charge is 0.383 e. The molecule has 19 heavy (non-hydrogen) atoms. The topological polar surface area (TPSA) is 55.0 Å². The first-order valence-corrected chi connectivity index (χ1v) is 7.86. The molecule has 1 aliphatic carbocycles. The van der Waals surface area contributed by atoms with Gasteiger partial charge in [-0.3, -0.25) is 4.90 Å². The van der Waals surface area contributed by atoms with Gasteiger partial charge in [0.2, 0.25) is 0 Å². The standard InChI is InChI=1S/C14H20N4S/c1-2-18(8-10-4-3-5-10)9-12-16-13(15)11-6-7-19-14(11)17-12/h6-7,10H,2-5,8-9H2,1H3,(H2,15,16,17). The summed E-state index contributed by atoms with van der Waals surface area (Å²) < 4.78 is 0. The number of rotatable bonds is 5. The lowest BCUT2D eigenvalue weighted by molar-refractivity contribution is 0.175. The van der Waals surface area contributed by atoms with E-state index < -0.39 is 0 Å². The molecule has 2 N–H and O–H groups in total. The Morgan fingerprint density at radius 3 is 2.95 bits per heavy atom. The van der Waals surface area contributed by atoms with Gasteiger partial charge in [-0.2, -0.15) is 0 Å². The molecule has 1 aliphatic rings. The van der Waals surface area contributed by atoms with Crippen LogP contribution in [0.1, 0.15) is 32.0 Å². The van der Waals surface area contributed by atoms with Crippen LogP contribution in [0.5, 0.6) is 0 Å². The zero-order chi connectivity index (χ0) is 13.2. The van der Waals surface area contributed by atoms with Gasteiger partial charge in [0.05, 0.1) is 11.9 Å². The number of hydrogen-bond acceptors (Lipinski definition) is 5. The molecule has 1 fully saturated rings. The van der Waals surface area contributed by atoms with E-state index in [1.807, 2.05) is 11.4 Å². The first-order chi connectivity index (χ1) is 9.26. The number of thiophene rings is 1. The molecule has 0 atom stereocenters. The number of hydrogen-bond donors (Lipinski definition) is 1. The molecule has 0 aliphatic heterocycles. The zero-order valence-electron chi connectivity index (χ0n) is 11.3. The molecule has 0 amide bonds. The number of nitrogens with zero attached hydrogens (tertiary/aromatic N) is 3. The quantitative estimate of drug-likeness (QED) is 0.912. The van der Waals surface area contributed by atoms with Gasteiger partial charge in [-0.15, -0.1) is 11.3 Å². The van der Waals surface area contributed by atoms with Crippen LogP contribution in [0.2, 0.25) is 0 Å². The van der Waals surface area contributed by atoms with Crippen molar-refractivity contribution in [3.63, 3.8) is 0 Å². The first-order valence-electron chi connectivity index (χ1n) is 6.98. The van der Waals surface area contributed by atoms with Crippen LogP contribution in [0.25, 0.3) is 10.2 Å². The molecular weight excluding hydrogens is 256 g/mol. The number of anilines is 1. The van der Waals surface area contributed by atoms with Gasteiger partial charge >= 0.3 is 0 Å². The summed E-state index contributed by atoms with van der Waals surface area (Å²) in [5.74, 6) is 2.34. The molecule has 0 bridgehead atoms. The van der Waals surface area contributed by atoms with Crippen molar-refractivity contribution in [1.82, 2.24) is 14.9 Å². The van der Waals surface area contributed by atoms with E-state index in [1.165, 1.54) is 25.8 Å². The molecule has 0 radical (unpaired) electrons. The van der Waals surface area contributed by atoms with Crippen LogP contribution < -0.4 is 5.73 Å². The monoisotopic (exact) mass is 276 g/mol. The van der Waals surface area contributed by atoms with Crippen LogP contribution in [0.3, 0.4) is 0 Å². The van der Waals surface area contributed by atoms with Crippen molar-refractivity contribution in [1.29, 1.82) is 0 Å². The second-order valence-electron chi connectivity index (χ2n) is 5.29. The summed E-state index contributed by atoms with van der Waals surface area (Å²) in [4.78, 5) is 12.5. The molecule has 0 unspecified atom stereocenters. The normalized spacial score (nSPS) is 16.1. The first kappa shape index (κ1) is 12.8. The predicted molar refractivity (Wildman–Crippen MR) is 80.1 cm³/mol. The van der Waals surface area contributed by atoms with Gasteiger partial charge in [-0.05, 0) is 36.8 Å². The molecule has 2 heterocycles. The zero-order valence-corrected chi connectivity index (χ0v) is 12.1. The fraction of sp³-hybridized carbons (Fsp3) is 0.571. The second-order valence-corrected chi connectivity index (χ2v) is 6.18. The molecule has 5 heteroatoms. The molecule has 0 spiro atoms. The van der Waals surface area contributed by atoms with E-state index in [-0.39, 0.29) is 0 Å². The minimum atomic E-state index is 0.612. The molecule has 3 rings (SSSR count). The van der Waals surface area contributed by atoms with Gasteiger partial charge in [0.1, 0.15) is 16.5 Å². The van der Waals surface area contributed by atoms with Crippen LogP contribution in [0.15, 0.2) is 11.4 Å². The van der Waals surface area contributed by atoms with Crippen molar-refractivity contribution in [3.8, 4) is 0 Å². The summed E-state index contributed by atoms with van der Waals surface area (Å²) in [6, 6.07) is 1.99. The average molecular weight is 276 g/mol. The van der Waals surface area contributed by atoms with Crippen molar-refractivity contribution in [2.75, 3.05) is 18.8 Å². The maximum Gasteiger partial charge on any atom is 0.146 e. The van der Waals surface area contributed by atoms with Crippen molar-refractivity contribution in [3.05, 3.63) is 17.3 Å². The fourth-order valence-electron chi connectivity index (χ4n) is 2.54. The Bertz CT molecular complexity index is 562. The number of nitrogens with two attached hydrogens (primary N) is 1. The van der Waals surface area contributed by atoms with Gasteiger partial charge in [0.15, 0.2) is 0 Å². The van der Waals surface area contributed by atoms with Crippen LogP contribution in [-0.2, 0) is 6.54 Å². The number of aromatic nitrogens is 2. The summed E-state index contributed by atoms with van der Waals surface area (Å²) >= 11 is 1.63. The average Bonchev–Trinajstić information content (AvgIpc) is 2.80. The number of nitrogen functional groups attached to an aromatic ring is 1. The minimum Gasteiger partial charge on any atom is -0.383 e. The molecule has 0 aromatic carbocycles. The summed E-state index contributed by atoms with van der Waals surface area (Å²) in [5, 5.41) is 3.00. The van der Waals surface area contributed by atoms with Crippen LogP contribution in [0, 0.1) is 5.92 Å². The lowest BCUT2D eigenvalue weighted by atomic mass is 9.85. The maximum absolute atomic E-state index is 5.99. The Labute approximate surface area is 117 Å². The third-order valence-electron chi connectivity index (χ3n) is 3.95. The van der Waals surface area contributed by atoms with Crippen molar-refractivity contribution in [2.24, 2.45) is 5.92 Å². The maximum atomic E-state index is 5.99. The summed E-state index contributed by atoms with van der Waals surface area (Å²) in [7, 11) is 0. The predicted octanol–water partition coefficient (Wildman–Crippen LogP) is 2.90. The van der Waals surface area contributed by atoms with Crippen LogP contribution in [-0.4, -0.2) is 28.0 Å². The Morgan fingerprint density at radius 2 is 2.26 bits per heavy atom. The van der Waals surface area contributed by atoms with Gasteiger partial charge in [-0.25, -0.2) is 9.97 Å². The third-order valence-corrected chi connectivity index (χ3v) is 4.76. The SMILES string of the molecule is CCN(Cc1nc(N)c2ccsc2n1)CC1CCC1. The van der Waals surface area contributed by atoms with Crippen molar-refractivity contribution >= 4 is 27.4 Å². The molecule has 1 saturated carbocycles. The highest BCUT2D eigenvalue weighted by atomic mass is 32.1. The van der Waals surface area contributed by atoms with Crippen LogP contribution >= 0.6 is 11.3 Å². The fourth-order valence-corrected chi connectivity index (χ4v) is 3.33. The summed E-state index contributed by atoms with van der Waals surface area (Å²) in [5.41, 5.74) is 5.99. The Hall–Kier alpha value is -1.20. The molecule has 102 valence electrons. The van der Waals surface area contributed by atoms with Gasteiger partial charge in [0.25, 0.3) is 0 Å². The molecular formula is C14H20N4S. The van der Waals surface area contributed by atoms with E-state index in [1.54, 1.807) is 11.3 Å². The van der Waals surface area contributed by atoms with E-state index in [9.17, 15) is 0 Å². The van der Waals surface area contributed by atoms with E-state index in [0.717, 1.165) is 35.0 Å². The highest BCUT2D eigenvalue weighted by Gasteiger charge is 2.20. The van der Waals surface area contributed by atoms with Crippen molar-refractivity contribution in [2.45, 2.75) is 32.7 Å².